The second kappa shape index (κ2) is 6.49. The number of halogens is 2. The van der Waals surface area contributed by atoms with Crippen molar-refractivity contribution in [2.45, 2.75) is 23.3 Å². The quantitative estimate of drug-likeness (QED) is 0.720. The fourth-order valence-corrected chi connectivity index (χ4v) is 4.68. The summed E-state index contributed by atoms with van der Waals surface area (Å²) in [7, 11) is 0. The van der Waals surface area contributed by atoms with Gasteiger partial charge in [-0.05, 0) is 42.0 Å². The lowest BCUT2D eigenvalue weighted by atomic mass is 9.81. The first kappa shape index (κ1) is 16.1. The van der Waals surface area contributed by atoms with Crippen LogP contribution in [0.3, 0.4) is 0 Å². The third-order valence-corrected chi connectivity index (χ3v) is 6.18. The number of fused-ring (bicyclic) bond motifs is 3. The van der Waals surface area contributed by atoms with E-state index in [0.29, 0.717) is 0 Å². The summed E-state index contributed by atoms with van der Waals surface area (Å²) in [5.41, 5.74) is 3.08. The molecule has 4 rings (SSSR count). The van der Waals surface area contributed by atoms with Crippen molar-refractivity contribution in [3.05, 3.63) is 65.0 Å². The van der Waals surface area contributed by atoms with Crippen LogP contribution in [0.5, 0.6) is 0 Å². The van der Waals surface area contributed by atoms with Gasteiger partial charge in [-0.1, -0.05) is 24.3 Å². The van der Waals surface area contributed by atoms with E-state index < -0.39 is 0 Å². The normalized spacial score (nSPS) is 26.2. The maximum Gasteiger partial charge on any atom is 0.128 e. The van der Waals surface area contributed by atoms with Crippen LogP contribution in [0.2, 0.25) is 0 Å². The highest BCUT2D eigenvalue weighted by molar-refractivity contribution is 7.98. The molecule has 0 N–H and O–H groups in total. The number of hydrogen-bond acceptors (Lipinski definition) is 2. The van der Waals surface area contributed by atoms with Crippen LogP contribution in [0.4, 0.5) is 8.78 Å². The second-order valence-electron chi connectivity index (χ2n) is 6.79. The lowest BCUT2D eigenvalue weighted by Crippen LogP contribution is -2.35. The first-order valence-corrected chi connectivity index (χ1v) is 9.66. The Balaban J connectivity index is 1.77. The van der Waals surface area contributed by atoms with E-state index in [1.807, 2.05) is 6.07 Å². The van der Waals surface area contributed by atoms with Crippen molar-refractivity contribution < 1.29 is 8.78 Å². The standard InChI is InChI=1S/C20H21F2NS/c1-24-15-7-5-14(6-8-15)17-12-23-11-13(10-21)9-19(23)20-16(17)3-2-4-18(20)22/h2-8,13,17,19H,9-12H2,1H3/t13?,17-,19+/m0/s1/i21-1,22-1. The van der Waals surface area contributed by atoms with Crippen molar-refractivity contribution in [2.75, 3.05) is 26.0 Å². The molecule has 0 spiro atoms. The smallest absolute Gasteiger partial charge is 0.128 e. The number of hydrogen-bond donors (Lipinski definition) is 0. The van der Waals surface area contributed by atoms with Gasteiger partial charge in [-0.25, -0.2) is 4.39 Å². The fraction of sp³-hybridized carbons (Fsp3) is 0.400. The van der Waals surface area contributed by atoms with Gasteiger partial charge in [0.1, 0.15) is 5.82 Å². The minimum Gasteiger partial charge on any atom is -0.295 e. The van der Waals surface area contributed by atoms with E-state index in [9.17, 15) is 8.78 Å². The molecule has 2 aromatic carbocycles. The van der Waals surface area contributed by atoms with E-state index in [2.05, 4.69) is 35.4 Å². The van der Waals surface area contributed by atoms with Crippen molar-refractivity contribution in [1.29, 1.82) is 0 Å². The maximum atomic E-state index is 14.6. The molecule has 1 saturated heterocycles. The average molecular weight is 343 g/mol. The molecule has 0 bridgehead atoms. The summed E-state index contributed by atoms with van der Waals surface area (Å²) in [5.74, 6) is 0.0359. The largest absolute Gasteiger partial charge is 0.295 e. The molecule has 2 aromatic rings. The molecular formula is C20H21F2NS. The van der Waals surface area contributed by atoms with Crippen LogP contribution in [-0.4, -0.2) is 30.9 Å². The monoisotopic (exact) mass is 343 g/mol. The van der Waals surface area contributed by atoms with E-state index in [1.54, 1.807) is 23.9 Å². The maximum absolute atomic E-state index is 14.6. The summed E-state index contributed by atoms with van der Waals surface area (Å²) in [5, 5.41) is 0. The Morgan fingerprint density at radius 2 is 1.92 bits per heavy atom. The number of alkyl halides is 1. The molecule has 126 valence electrons. The van der Waals surface area contributed by atoms with Gasteiger partial charge in [0.25, 0.3) is 0 Å². The topological polar surface area (TPSA) is 3.24 Å². The van der Waals surface area contributed by atoms with E-state index in [-0.39, 0.29) is 30.4 Å². The summed E-state index contributed by atoms with van der Waals surface area (Å²) in [6.07, 6.45) is 2.79. The highest BCUT2D eigenvalue weighted by Crippen LogP contribution is 2.46. The zero-order chi connectivity index (χ0) is 16.7. The van der Waals surface area contributed by atoms with Crippen LogP contribution < -0.4 is 0 Å². The molecule has 1 unspecified atom stereocenters. The van der Waals surface area contributed by atoms with Crippen LogP contribution in [-0.2, 0) is 0 Å². The Hall–Kier alpha value is -1.39. The van der Waals surface area contributed by atoms with Gasteiger partial charge in [-0.3, -0.25) is 9.29 Å². The predicted octanol–water partition coefficient (Wildman–Crippen LogP) is 5.03. The highest BCUT2D eigenvalue weighted by Gasteiger charge is 2.41. The summed E-state index contributed by atoms with van der Waals surface area (Å²) >= 11 is 1.72. The van der Waals surface area contributed by atoms with Crippen molar-refractivity contribution >= 4 is 11.8 Å². The average Bonchev–Trinajstić information content (AvgIpc) is 3.04. The Labute approximate surface area is 146 Å². The number of benzene rings is 2. The molecule has 0 saturated carbocycles. The molecule has 0 aromatic heterocycles. The SMILES string of the molecule is CSc1ccc([C@@H]2CN3CC(C[18F])C[C@@H]3c3c([18F])cccc32)cc1. The van der Waals surface area contributed by atoms with Gasteiger partial charge >= 0.3 is 0 Å². The molecule has 2 aliphatic rings. The summed E-state index contributed by atoms with van der Waals surface area (Å²) in [4.78, 5) is 3.51. The predicted molar refractivity (Wildman–Crippen MR) is 94.9 cm³/mol. The van der Waals surface area contributed by atoms with Gasteiger partial charge < -0.3 is 0 Å². The van der Waals surface area contributed by atoms with Gasteiger partial charge in [-0.15, -0.1) is 11.8 Å². The third-order valence-electron chi connectivity index (χ3n) is 5.44. The van der Waals surface area contributed by atoms with E-state index in [4.69, 9.17) is 0 Å². The van der Waals surface area contributed by atoms with Crippen molar-refractivity contribution in [1.82, 2.24) is 4.90 Å². The van der Waals surface area contributed by atoms with Gasteiger partial charge in [0.15, 0.2) is 0 Å². The fourth-order valence-electron chi connectivity index (χ4n) is 4.28. The zero-order valence-electron chi connectivity index (χ0n) is 13.7. The Kier molecular flexibility index (Phi) is 4.35. The molecular weight excluding hydrogens is 322 g/mol. The Bertz CT molecular complexity index is 731. The van der Waals surface area contributed by atoms with Gasteiger partial charge in [0, 0.05) is 41.4 Å². The summed E-state index contributed by atoms with van der Waals surface area (Å²) in [6.45, 7) is 1.26. The van der Waals surface area contributed by atoms with Crippen LogP contribution in [0, 0.1) is 11.7 Å². The van der Waals surface area contributed by atoms with Gasteiger partial charge in [-0.2, -0.15) is 0 Å². The van der Waals surface area contributed by atoms with Gasteiger partial charge in [0.05, 0.1) is 6.67 Å². The van der Waals surface area contributed by atoms with Crippen molar-refractivity contribution in [3.8, 4) is 0 Å². The molecule has 2 aliphatic heterocycles. The number of thioether (sulfide) groups is 1. The van der Waals surface area contributed by atoms with Gasteiger partial charge in [0.2, 0.25) is 0 Å². The summed E-state index contributed by atoms with van der Waals surface area (Å²) < 4.78 is 27.8. The lowest BCUT2D eigenvalue weighted by Gasteiger charge is -2.37. The third kappa shape index (κ3) is 2.66. The first-order valence-electron chi connectivity index (χ1n) is 8.43. The van der Waals surface area contributed by atoms with Crippen LogP contribution in [0.25, 0.3) is 0 Å². The van der Waals surface area contributed by atoms with E-state index >= 15 is 0 Å². The number of nitrogens with zero attached hydrogens (tertiary/aromatic N) is 1. The molecule has 24 heavy (non-hydrogen) atoms. The van der Waals surface area contributed by atoms with Crippen molar-refractivity contribution in [3.63, 3.8) is 0 Å². The molecule has 3 atom stereocenters. The number of rotatable bonds is 3. The van der Waals surface area contributed by atoms with Crippen LogP contribution >= 0.6 is 11.8 Å². The first-order chi connectivity index (χ1) is 11.7. The van der Waals surface area contributed by atoms with E-state index in [1.165, 1.54) is 10.5 Å². The Morgan fingerprint density at radius 1 is 1.12 bits per heavy atom. The lowest BCUT2D eigenvalue weighted by molar-refractivity contribution is 0.219. The molecule has 1 fully saturated rings. The second-order valence-corrected chi connectivity index (χ2v) is 7.67. The molecule has 0 radical (unpaired) electrons. The minimum atomic E-state index is -0.316. The molecule has 2 heterocycles. The zero-order valence-corrected chi connectivity index (χ0v) is 14.5. The Morgan fingerprint density at radius 3 is 2.62 bits per heavy atom. The van der Waals surface area contributed by atoms with E-state index in [0.717, 1.165) is 30.6 Å². The molecule has 0 amide bonds. The highest BCUT2D eigenvalue weighted by atomic mass is 32.2. The molecule has 1 nitrogen and oxygen atoms in total. The minimum absolute atomic E-state index is 0.0278. The molecule has 0 aliphatic carbocycles. The molecule has 4 heteroatoms. The van der Waals surface area contributed by atoms with Crippen LogP contribution in [0.15, 0.2) is 47.4 Å². The summed E-state index contributed by atoms with van der Waals surface area (Å²) in [6, 6.07) is 14.0. The van der Waals surface area contributed by atoms with Crippen LogP contribution in [0.1, 0.15) is 35.1 Å². The van der Waals surface area contributed by atoms with Crippen molar-refractivity contribution in [2.24, 2.45) is 5.92 Å².